The number of likely N-dealkylation sites (N-methyl/N-ethyl adjacent to an activating group) is 1. The lowest BCUT2D eigenvalue weighted by atomic mass is 10.0. The molecular weight excluding hydrogens is 438 g/mol. The number of hydrogen-bond acceptors (Lipinski definition) is 8. The standard InChI is InChI=1S/C24H35N5O5/c1-18-12-25-19(2)15-33-23(30)10-7-11-29-13-21(26-27-29)17-32-22(18)14-28(3)24(31)34-16-20-8-5-4-6-9-20/h4-6,8-9,13,18-19,22,25H,7,10-12,14-17H2,1-3H3/t18-,19-,22-/m0/s1. The summed E-state index contributed by atoms with van der Waals surface area (Å²) in [6.07, 6.45) is 2.10. The van der Waals surface area contributed by atoms with Crippen molar-refractivity contribution in [2.75, 3.05) is 26.7 Å². The van der Waals surface area contributed by atoms with Crippen molar-refractivity contribution < 1.29 is 23.8 Å². The molecule has 10 heteroatoms. The number of aryl methyl sites for hydroxylation is 1. The average Bonchev–Trinajstić information content (AvgIpc) is 3.29. The molecule has 3 atom stereocenters. The minimum Gasteiger partial charge on any atom is -0.464 e. The highest BCUT2D eigenvalue weighted by Crippen LogP contribution is 2.13. The predicted octanol–water partition coefficient (Wildman–Crippen LogP) is 2.38. The van der Waals surface area contributed by atoms with Crippen LogP contribution in [0.25, 0.3) is 0 Å². The third-order valence-electron chi connectivity index (χ3n) is 5.69. The fourth-order valence-corrected chi connectivity index (χ4v) is 3.53. The Bertz CT molecular complexity index is 906. The Labute approximate surface area is 200 Å². The molecular formula is C24H35N5O5. The maximum atomic E-state index is 12.6. The first-order valence-electron chi connectivity index (χ1n) is 11.7. The zero-order valence-electron chi connectivity index (χ0n) is 20.2. The highest BCUT2D eigenvalue weighted by Gasteiger charge is 2.24. The minimum atomic E-state index is -0.411. The molecule has 3 rings (SSSR count). The lowest BCUT2D eigenvalue weighted by Gasteiger charge is -2.29. The Kier molecular flexibility index (Phi) is 9.84. The maximum absolute atomic E-state index is 12.6. The molecule has 2 heterocycles. The van der Waals surface area contributed by atoms with Crippen LogP contribution in [0.1, 0.15) is 37.9 Å². The maximum Gasteiger partial charge on any atom is 0.409 e. The summed E-state index contributed by atoms with van der Waals surface area (Å²) in [5, 5.41) is 11.7. The molecule has 1 aliphatic rings. The van der Waals surface area contributed by atoms with Gasteiger partial charge < -0.3 is 24.4 Å². The second-order valence-electron chi connectivity index (χ2n) is 8.82. The van der Waals surface area contributed by atoms with Crippen molar-refractivity contribution in [2.24, 2.45) is 5.92 Å². The summed E-state index contributed by atoms with van der Waals surface area (Å²) in [7, 11) is 1.70. The van der Waals surface area contributed by atoms with Gasteiger partial charge in [0.05, 0.1) is 25.5 Å². The van der Waals surface area contributed by atoms with Crippen LogP contribution in [0.3, 0.4) is 0 Å². The molecule has 0 spiro atoms. The van der Waals surface area contributed by atoms with Crippen LogP contribution in [0.2, 0.25) is 0 Å². The van der Waals surface area contributed by atoms with E-state index in [2.05, 4.69) is 22.6 Å². The van der Waals surface area contributed by atoms with Crippen LogP contribution in [-0.4, -0.2) is 70.8 Å². The van der Waals surface area contributed by atoms with Gasteiger partial charge in [-0.15, -0.1) is 5.10 Å². The number of aromatic nitrogens is 3. The van der Waals surface area contributed by atoms with Gasteiger partial charge in [-0.1, -0.05) is 42.5 Å². The van der Waals surface area contributed by atoms with Gasteiger partial charge in [-0.3, -0.25) is 9.48 Å². The van der Waals surface area contributed by atoms with E-state index in [4.69, 9.17) is 14.2 Å². The number of amides is 1. The summed E-state index contributed by atoms with van der Waals surface area (Å²) in [5.41, 5.74) is 1.63. The van der Waals surface area contributed by atoms with Crippen LogP contribution in [0.4, 0.5) is 4.79 Å². The van der Waals surface area contributed by atoms with Crippen molar-refractivity contribution in [3.63, 3.8) is 0 Å². The molecule has 0 unspecified atom stereocenters. The van der Waals surface area contributed by atoms with E-state index in [0.29, 0.717) is 44.8 Å². The van der Waals surface area contributed by atoms with Crippen LogP contribution in [-0.2, 0) is 38.8 Å². The van der Waals surface area contributed by atoms with Crippen molar-refractivity contribution in [1.29, 1.82) is 0 Å². The van der Waals surface area contributed by atoms with E-state index in [9.17, 15) is 9.59 Å². The van der Waals surface area contributed by atoms with Gasteiger partial charge in [0.2, 0.25) is 0 Å². The number of nitrogens with zero attached hydrogens (tertiary/aromatic N) is 4. The van der Waals surface area contributed by atoms with Gasteiger partial charge in [0.25, 0.3) is 0 Å². The van der Waals surface area contributed by atoms with Gasteiger partial charge in [0.15, 0.2) is 0 Å². The topological polar surface area (TPSA) is 108 Å². The number of hydrogen-bond donors (Lipinski definition) is 1. The normalized spacial score (nSPS) is 22.6. The molecule has 1 aromatic heterocycles. The van der Waals surface area contributed by atoms with Gasteiger partial charge in [-0.05, 0) is 24.8 Å². The van der Waals surface area contributed by atoms with E-state index < -0.39 is 6.09 Å². The Balaban J connectivity index is 1.62. The first kappa shape index (κ1) is 25.6. The van der Waals surface area contributed by atoms with Crippen molar-refractivity contribution >= 4 is 12.1 Å². The number of ether oxygens (including phenoxy) is 3. The smallest absolute Gasteiger partial charge is 0.409 e. The Morgan fingerprint density at radius 1 is 1.29 bits per heavy atom. The Hall–Kier alpha value is -2.98. The van der Waals surface area contributed by atoms with Gasteiger partial charge >= 0.3 is 12.1 Å². The van der Waals surface area contributed by atoms with Gasteiger partial charge in [-0.2, -0.15) is 0 Å². The zero-order chi connectivity index (χ0) is 24.3. The van der Waals surface area contributed by atoms with Crippen molar-refractivity contribution in [1.82, 2.24) is 25.2 Å². The van der Waals surface area contributed by atoms with E-state index in [1.54, 1.807) is 11.7 Å². The number of esters is 1. The van der Waals surface area contributed by atoms with E-state index in [0.717, 1.165) is 5.56 Å². The van der Waals surface area contributed by atoms with Crippen LogP contribution >= 0.6 is 0 Å². The number of benzene rings is 1. The van der Waals surface area contributed by atoms with Crippen molar-refractivity contribution in [2.45, 2.75) is 58.6 Å². The predicted molar refractivity (Wildman–Crippen MR) is 125 cm³/mol. The number of nitrogens with one attached hydrogen (secondary N) is 1. The summed E-state index contributed by atoms with van der Waals surface area (Å²) in [4.78, 5) is 26.1. The number of carbonyl (C=O) groups is 2. The summed E-state index contributed by atoms with van der Waals surface area (Å²) in [6.45, 7) is 6.38. The quantitative estimate of drug-likeness (QED) is 0.675. The molecule has 2 aromatic rings. The molecule has 0 saturated heterocycles. The fourth-order valence-electron chi connectivity index (χ4n) is 3.53. The lowest BCUT2D eigenvalue weighted by Crippen LogP contribution is -2.43. The fraction of sp³-hybridized carbons (Fsp3) is 0.583. The summed E-state index contributed by atoms with van der Waals surface area (Å²) in [6, 6.07) is 9.57. The minimum absolute atomic E-state index is 0.00108. The average molecular weight is 474 g/mol. The van der Waals surface area contributed by atoms with Crippen molar-refractivity contribution in [3.8, 4) is 0 Å². The third-order valence-corrected chi connectivity index (χ3v) is 5.69. The molecule has 10 nitrogen and oxygen atoms in total. The lowest BCUT2D eigenvalue weighted by molar-refractivity contribution is -0.144. The van der Waals surface area contributed by atoms with Gasteiger partial charge in [-0.25, -0.2) is 4.79 Å². The third kappa shape index (κ3) is 8.42. The number of cyclic esters (lactones) is 1. The van der Waals surface area contributed by atoms with Crippen LogP contribution in [0.15, 0.2) is 36.5 Å². The monoisotopic (exact) mass is 473 g/mol. The summed E-state index contributed by atoms with van der Waals surface area (Å²) >= 11 is 0. The second-order valence-corrected chi connectivity index (χ2v) is 8.82. The molecule has 0 radical (unpaired) electrons. The first-order chi connectivity index (χ1) is 16.4. The number of fused-ring (bicyclic) bond motifs is 2. The van der Waals surface area contributed by atoms with Gasteiger partial charge in [0, 0.05) is 32.6 Å². The molecule has 1 aliphatic heterocycles. The number of rotatable bonds is 4. The summed E-state index contributed by atoms with van der Waals surface area (Å²) < 4.78 is 18.7. The SMILES string of the molecule is C[C@H]1COC(=O)CCCn2cc(nn2)CO[C@@H](CN(C)C(=O)OCc2ccccc2)[C@@H](C)CN1. The molecule has 2 bridgehead atoms. The largest absolute Gasteiger partial charge is 0.464 e. The molecule has 0 aliphatic carbocycles. The second kappa shape index (κ2) is 13.0. The van der Waals surface area contributed by atoms with Crippen LogP contribution < -0.4 is 5.32 Å². The number of carbonyl (C=O) groups excluding carboxylic acids is 2. The molecule has 1 amide bonds. The summed E-state index contributed by atoms with van der Waals surface area (Å²) in [5.74, 6) is -0.156. The first-order valence-corrected chi connectivity index (χ1v) is 11.7. The van der Waals surface area contributed by atoms with E-state index in [1.807, 2.05) is 43.5 Å². The van der Waals surface area contributed by atoms with Crippen molar-refractivity contribution in [3.05, 3.63) is 47.8 Å². The van der Waals surface area contributed by atoms with Gasteiger partial charge in [0.1, 0.15) is 18.9 Å². The highest BCUT2D eigenvalue weighted by molar-refractivity contribution is 5.69. The molecule has 1 N–H and O–H groups in total. The molecule has 0 fully saturated rings. The molecule has 1 aromatic carbocycles. The molecule has 0 saturated carbocycles. The molecule has 186 valence electrons. The van der Waals surface area contributed by atoms with Crippen LogP contribution in [0.5, 0.6) is 0 Å². The van der Waals surface area contributed by atoms with Crippen LogP contribution in [0, 0.1) is 5.92 Å². The van der Waals surface area contributed by atoms with E-state index in [1.165, 1.54) is 4.90 Å². The zero-order valence-corrected chi connectivity index (χ0v) is 20.2. The van der Waals surface area contributed by atoms with E-state index in [-0.39, 0.29) is 37.2 Å². The Morgan fingerprint density at radius 2 is 2.09 bits per heavy atom. The van der Waals surface area contributed by atoms with E-state index >= 15 is 0 Å². The molecule has 34 heavy (non-hydrogen) atoms. The Morgan fingerprint density at radius 3 is 2.88 bits per heavy atom. The highest BCUT2D eigenvalue weighted by atomic mass is 16.6.